The highest BCUT2D eigenvalue weighted by atomic mass is 16.5. The second kappa shape index (κ2) is 5.39. The number of hydrogen-bond acceptors (Lipinski definition) is 5. The maximum absolute atomic E-state index is 12.1. The molecule has 0 aromatic carbocycles. The van der Waals surface area contributed by atoms with Crippen LogP contribution < -0.4 is 5.73 Å². The number of hydrogen-bond donors (Lipinski definition) is 1. The van der Waals surface area contributed by atoms with Crippen molar-refractivity contribution >= 4 is 11.7 Å². The summed E-state index contributed by atoms with van der Waals surface area (Å²) < 4.78 is 7.08. The van der Waals surface area contributed by atoms with Crippen LogP contribution in [0.4, 0.5) is 5.69 Å². The Morgan fingerprint density at radius 3 is 2.83 bits per heavy atom. The van der Waals surface area contributed by atoms with Gasteiger partial charge in [-0.1, -0.05) is 0 Å². The Balaban J connectivity index is 2.01. The molecule has 0 radical (unpaired) electrons. The SMILES string of the molecule is CCn1ncc(N)c1C(=O)OC1CCN(C)CC1. The number of aryl methyl sites for hydroxylation is 1. The summed E-state index contributed by atoms with van der Waals surface area (Å²) in [4.78, 5) is 14.3. The van der Waals surface area contributed by atoms with Crippen molar-refractivity contribution in [2.45, 2.75) is 32.4 Å². The lowest BCUT2D eigenvalue weighted by Gasteiger charge is -2.28. The van der Waals surface area contributed by atoms with Crippen LogP contribution in [0.5, 0.6) is 0 Å². The summed E-state index contributed by atoms with van der Waals surface area (Å²) in [5, 5.41) is 4.04. The number of carbonyl (C=O) groups excluding carboxylic acids is 1. The smallest absolute Gasteiger partial charge is 0.359 e. The van der Waals surface area contributed by atoms with E-state index in [0.29, 0.717) is 17.9 Å². The normalized spacial score (nSPS) is 17.9. The Morgan fingerprint density at radius 2 is 2.22 bits per heavy atom. The number of piperidine rings is 1. The predicted molar refractivity (Wildman–Crippen MR) is 68.2 cm³/mol. The molecule has 0 aliphatic carbocycles. The second-order valence-electron chi connectivity index (χ2n) is 4.67. The highest BCUT2D eigenvalue weighted by Gasteiger charge is 2.24. The molecule has 18 heavy (non-hydrogen) atoms. The monoisotopic (exact) mass is 252 g/mol. The maximum atomic E-state index is 12.1. The van der Waals surface area contributed by atoms with Crippen LogP contribution in [0.2, 0.25) is 0 Å². The predicted octanol–water partition coefficient (Wildman–Crippen LogP) is 0.736. The van der Waals surface area contributed by atoms with Gasteiger partial charge >= 0.3 is 5.97 Å². The van der Waals surface area contributed by atoms with Gasteiger partial charge in [0.25, 0.3) is 0 Å². The number of nitrogen functional groups attached to an aromatic ring is 1. The van der Waals surface area contributed by atoms with Crippen molar-refractivity contribution in [3.63, 3.8) is 0 Å². The molecule has 1 aliphatic rings. The van der Waals surface area contributed by atoms with E-state index in [0.717, 1.165) is 25.9 Å². The quantitative estimate of drug-likeness (QED) is 0.803. The van der Waals surface area contributed by atoms with E-state index in [2.05, 4.69) is 17.0 Å². The molecule has 1 saturated heterocycles. The first-order valence-corrected chi connectivity index (χ1v) is 6.32. The number of ether oxygens (including phenoxy) is 1. The highest BCUT2D eigenvalue weighted by Crippen LogP contribution is 2.17. The van der Waals surface area contributed by atoms with E-state index in [4.69, 9.17) is 10.5 Å². The third kappa shape index (κ3) is 2.64. The lowest BCUT2D eigenvalue weighted by Crippen LogP contribution is -2.35. The molecule has 100 valence electrons. The Bertz CT molecular complexity index is 422. The van der Waals surface area contributed by atoms with Gasteiger partial charge in [0.05, 0.1) is 11.9 Å². The minimum atomic E-state index is -0.360. The third-order valence-corrected chi connectivity index (χ3v) is 3.30. The summed E-state index contributed by atoms with van der Waals surface area (Å²) in [6, 6.07) is 0. The summed E-state index contributed by atoms with van der Waals surface area (Å²) in [5.41, 5.74) is 6.51. The van der Waals surface area contributed by atoms with Gasteiger partial charge in [0.1, 0.15) is 6.10 Å². The molecule has 0 bridgehead atoms. The van der Waals surface area contributed by atoms with Crippen molar-refractivity contribution in [1.82, 2.24) is 14.7 Å². The summed E-state index contributed by atoms with van der Waals surface area (Å²) in [6.07, 6.45) is 3.24. The largest absolute Gasteiger partial charge is 0.458 e. The molecule has 6 nitrogen and oxygen atoms in total. The van der Waals surface area contributed by atoms with Gasteiger partial charge in [0.2, 0.25) is 0 Å². The first kappa shape index (κ1) is 12.9. The van der Waals surface area contributed by atoms with Crippen LogP contribution in [0.15, 0.2) is 6.20 Å². The van der Waals surface area contributed by atoms with Crippen molar-refractivity contribution in [2.75, 3.05) is 25.9 Å². The fraction of sp³-hybridized carbons (Fsp3) is 0.667. The zero-order valence-electron chi connectivity index (χ0n) is 10.9. The number of nitrogens with zero attached hydrogens (tertiary/aromatic N) is 3. The van der Waals surface area contributed by atoms with Crippen LogP contribution in [0.25, 0.3) is 0 Å². The van der Waals surface area contributed by atoms with E-state index in [1.165, 1.54) is 6.20 Å². The van der Waals surface area contributed by atoms with E-state index >= 15 is 0 Å². The van der Waals surface area contributed by atoms with Crippen molar-refractivity contribution in [1.29, 1.82) is 0 Å². The van der Waals surface area contributed by atoms with Gasteiger partial charge in [-0.3, -0.25) is 4.68 Å². The van der Waals surface area contributed by atoms with Gasteiger partial charge in [-0.15, -0.1) is 0 Å². The molecular weight excluding hydrogens is 232 g/mol. The topological polar surface area (TPSA) is 73.4 Å². The average molecular weight is 252 g/mol. The number of nitrogens with two attached hydrogens (primary N) is 1. The Morgan fingerprint density at radius 1 is 1.56 bits per heavy atom. The summed E-state index contributed by atoms with van der Waals surface area (Å²) in [6.45, 7) is 4.44. The molecule has 0 unspecified atom stereocenters. The summed E-state index contributed by atoms with van der Waals surface area (Å²) in [5.74, 6) is -0.360. The number of aromatic nitrogens is 2. The van der Waals surface area contributed by atoms with Crippen molar-refractivity contribution < 1.29 is 9.53 Å². The maximum Gasteiger partial charge on any atom is 0.359 e. The molecule has 2 rings (SSSR count). The minimum absolute atomic E-state index is 0.00620. The van der Waals surface area contributed by atoms with Crippen LogP contribution in [-0.4, -0.2) is 46.9 Å². The number of esters is 1. The number of likely N-dealkylation sites (tertiary alicyclic amines) is 1. The first-order valence-electron chi connectivity index (χ1n) is 6.32. The molecule has 1 fully saturated rings. The molecule has 0 spiro atoms. The van der Waals surface area contributed by atoms with Crippen LogP contribution in [-0.2, 0) is 11.3 Å². The van der Waals surface area contributed by atoms with Crippen molar-refractivity contribution in [2.24, 2.45) is 0 Å². The lowest BCUT2D eigenvalue weighted by molar-refractivity contribution is 0.0128. The summed E-state index contributed by atoms with van der Waals surface area (Å²) in [7, 11) is 2.07. The van der Waals surface area contributed by atoms with E-state index in [1.807, 2.05) is 6.92 Å². The number of anilines is 1. The van der Waals surface area contributed by atoms with Crippen molar-refractivity contribution in [3.05, 3.63) is 11.9 Å². The Kier molecular flexibility index (Phi) is 3.86. The molecule has 1 aromatic rings. The third-order valence-electron chi connectivity index (χ3n) is 3.30. The van der Waals surface area contributed by atoms with E-state index in [-0.39, 0.29) is 12.1 Å². The van der Waals surface area contributed by atoms with Gasteiger partial charge in [-0.25, -0.2) is 4.79 Å². The number of rotatable bonds is 3. The van der Waals surface area contributed by atoms with E-state index < -0.39 is 0 Å². The Labute approximate surface area is 107 Å². The second-order valence-corrected chi connectivity index (χ2v) is 4.67. The molecule has 2 heterocycles. The molecule has 0 saturated carbocycles. The molecule has 0 atom stereocenters. The minimum Gasteiger partial charge on any atom is -0.458 e. The molecular formula is C12H20N4O2. The lowest BCUT2D eigenvalue weighted by atomic mass is 10.1. The van der Waals surface area contributed by atoms with E-state index in [1.54, 1.807) is 4.68 Å². The van der Waals surface area contributed by atoms with Gasteiger partial charge in [0, 0.05) is 19.6 Å². The highest BCUT2D eigenvalue weighted by molar-refractivity contribution is 5.93. The van der Waals surface area contributed by atoms with Gasteiger partial charge in [-0.05, 0) is 26.8 Å². The molecule has 6 heteroatoms. The van der Waals surface area contributed by atoms with E-state index in [9.17, 15) is 4.79 Å². The fourth-order valence-electron chi connectivity index (χ4n) is 2.17. The molecule has 2 N–H and O–H groups in total. The Hall–Kier alpha value is -1.56. The zero-order chi connectivity index (χ0) is 13.1. The van der Waals surface area contributed by atoms with Gasteiger partial charge in [0.15, 0.2) is 5.69 Å². The summed E-state index contributed by atoms with van der Waals surface area (Å²) >= 11 is 0. The fourth-order valence-corrected chi connectivity index (χ4v) is 2.17. The van der Waals surface area contributed by atoms with Crippen LogP contribution in [0, 0.1) is 0 Å². The first-order chi connectivity index (χ1) is 8.61. The zero-order valence-corrected chi connectivity index (χ0v) is 10.9. The van der Waals surface area contributed by atoms with Crippen LogP contribution in [0.1, 0.15) is 30.3 Å². The molecule has 1 aliphatic heterocycles. The molecule has 0 amide bonds. The van der Waals surface area contributed by atoms with Gasteiger partial charge < -0.3 is 15.4 Å². The van der Waals surface area contributed by atoms with Crippen molar-refractivity contribution in [3.8, 4) is 0 Å². The number of carbonyl (C=O) groups is 1. The average Bonchev–Trinajstić information content (AvgIpc) is 2.73. The van der Waals surface area contributed by atoms with Crippen LogP contribution in [0.3, 0.4) is 0 Å². The molecule has 1 aromatic heterocycles. The van der Waals surface area contributed by atoms with Gasteiger partial charge in [-0.2, -0.15) is 5.10 Å². The van der Waals surface area contributed by atoms with Crippen LogP contribution >= 0.6 is 0 Å². The standard InChI is InChI=1S/C12H20N4O2/c1-3-16-11(10(13)8-14-16)12(17)18-9-4-6-15(2)7-5-9/h8-9H,3-7,13H2,1-2H3.